The van der Waals surface area contributed by atoms with Crippen molar-refractivity contribution in [1.82, 2.24) is 4.90 Å². The number of nitro groups is 2. The number of allylic oxidation sites excluding steroid dienone is 1. The molecule has 0 radical (unpaired) electrons. The molecule has 0 aromatic carbocycles. The normalized spacial score (nSPS) is 24.1. The molecule has 2 atom stereocenters. The Kier molecular flexibility index (Phi) is 6.27. The van der Waals surface area contributed by atoms with Gasteiger partial charge in [0.15, 0.2) is 0 Å². The first-order valence-electron chi connectivity index (χ1n) is 6.17. The number of carbonyl (C=O) groups is 1. The van der Waals surface area contributed by atoms with Crippen LogP contribution in [0.1, 0.15) is 0 Å². The zero-order valence-electron chi connectivity index (χ0n) is 11.4. The van der Waals surface area contributed by atoms with E-state index in [0.717, 1.165) is 18.2 Å². The Morgan fingerprint density at radius 2 is 1.86 bits per heavy atom. The van der Waals surface area contributed by atoms with Crippen LogP contribution >= 0.6 is 23.2 Å². The highest BCUT2D eigenvalue weighted by atomic mass is 35.5. The Balaban J connectivity index is 3.52. The van der Waals surface area contributed by atoms with Crippen molar-refractivity contribution < 1.29 is 14.6 Å². The summed E-state index contributed by atoms with van der Waals surface area (Å²) in [5, 5.41) is 22.7. The molecule has 22 heavy (non-hydrogen) atoms. The van der Waals surface area contributed by atoms with E-state index in [-0.39, 0.29) is 24.8 Å². The zero-order valence-corrected chi connectivity index (χ0v) is 12.9. The van der Waals surface area contributed by atoms with Crippen molar-refractivity contribution in [3.63, 3.8) is 0 Å². The van der Waals surface area contributed by atoms with E-state index >= 15 is 0 Å². The molecule has 1 amide bonds. The van der Waals surface area contributed by atoms with E-state index in [1.807, 2.05) is 0 Å². The number of primary amides is 1. The summed E-state index contributed by atoms with van der Waals surface area (Å²) in [6.07, 6.45) is 2.91. The summed E-state index contributed by atoms with van der Waals surface area (Å²) in [5.74, 6) is -2.31. The van der Waals surface area contributed by atoms with Gasteiger partial charge in [0, 0.05) is 35.8 Å². The van der Waals surface area contributed by atoms with E-state index in [9.17, 15) is 25.0 Å². The second-order valence-electron chi connectivity index (χ2n) is 4.47. The number of nitrogens with zero attached hydrogens (tertiary/aromatic N) is 3. The van der Waals surface area contributed by atoms with Gasteiger partial charge in [0.25, 0.3) is 5.70 Å². The van der Waals surface area contributed by atoms with Crippen molar-refractivity contribution >= 4 is 29.1 Å². The summed E-state index contributed by atoms with van der Waals surface area (Å²) < 4.78 is 0. The highest BCUT2D eigenvalue weighted by Crippen LogP contribution is 2.34. The fourth-order valence-electron chi connectivity index (χ4n) is 2.35. The van der Waals surface area contributed by atoms with E-state index in [4.69, 9.17) is 28.9 Å². The van der Waals surface area contributed by atoms with Crippen LogP contribution in [0.15, 0.2) is 23.9 Å². The van der Waals surface area contributed by atoms with Gasteiger partial charge in [-0.2, -0.15) is 0 Å². The van der Waals surface area contributed by atoms with E-state index in [1.54, 1.807) is 0 Å². The standard InChI is InChI=1S/C11H14Cl2N4O5/c12-3-5-15(6-4-13)11(17(21)22)7-8(16(19)20)1-2-9(11)10(14)18/h1-2,7,9H,3-6H2,(H2,14,18). The SMILES string of the molecule is NC(=O)C1C=CC([N+](=O)[O-])=CC1(N(CCCl)CCCl)[N+](=O)[O-]. The highest BCUT2D eigenvalue weighted by Gasteiger charge is 2.58. The van der Waals surface area contributed by atoms with Gasteiger partial charge < -0.3 is 5.73 Å². The van der Waals surface area contributed by atoms with Gasteiger partial charge in [-0.1, -0.05) is 6.08 Å². The molecule has 0 fully saturated rings. The van der Waals surface area contributed by atoms with Gasteiger partial charge in [-0.3, -0.25) is 25.0 Å². The topological polar surface area (TPSA) is 133 Å². The van der Waals surface area contributed by atoms with Crippen molar-refractivity contribution in [3.05, 3.63) is 44.2 Å². The fourth-order valence-corrected chi connectivity index (χ4v) is 2.76. The molecule has 0 spiro atoms. The Morgan fingerprint density at radius 3 is 2.23 bits per heavy atom. The number of hydrogen-bond acceptors (Lipinski definition) is 6. The summed E-state index contributed by atoms with van der Waals surface area (Å²) in [7, 11) is 0. The molecule has 9 nitrogen and oxygen atoms in total. The van der Waals surface area contributed by atoms with Crippen LogP contribution in [0.4, 0.5) is 0 Å². The molecule has 0 saturated carbocycles. The Labute approximate surface area is 135 Å². The quantitative estimate of drug-likeness (QED) is 0.294. The third kappa shape index (κ3) is 3.37. The maximum Gasteiger partial charge on any atom is 0.318 e. The first-order valence-corrected chi connectivity index (χ1v) is 7.24. The lowest BCUT2D eigenvalue weighted by Crippen LogP contribution is -2.62. The molecule has 0 bridgehead atoms. The average Bonchev–Trinajstić information content (AvgIpc) is 2.45. The van der Waals surface area contributed by atoms with Crippen LogP contribution in [-0.2, 0) is 4.79 Å². The van der Waals surface area contributed by atoms with Gasteiger partial charge in [-0.25, -0.2) is 4.90 Å². The molecule has 1 aliphatic rings. The first kappa shape index (κ1) is 18.3. The lowest BCUT2D eigenvalue weighted by Gasteiger charge is -2.37. The zero-order chi connectivity index (χ0) is 16.9. The minimum absolute atomic E-state index is 0.00830. The minimum Gasteiger partial charge on any atom is -0.369 e. The maximum atomic E-state index is 11.7. The van der Waals surface area contributed by atoms with Crippen molar-refractivity contribution in [1.29, 1.82) is 0 Å². The van der Waals surface area contributed by atoms with Crippen molar-refractivity contribution in [2.24, 2.45) is 11.7 Å². The Hall–Kier alpha value is -1.71. The summed E-state index contributed by atoms with van der Waals surface area (Å²) >= 11 is 11.3. The smallest absolute Gasteiger partial charge is 0.318 e. The van der Waals surface area contributed by atoms with Crippen LogP contribution in [0, 0.1) is 26.1 Å². The van der Waals surface area contributed by atoms with Gasteiger partial charge in [0.1, 0.15) is 5.92 Å². The summed E-state index contributed by atoms with van der Waals surface area (Å²) in [5.41, 5.74) is 2.56. The van der Waals surface area contributed by atoms with E-state index in [0.29, 0.717) is 0 Å². The molecule has 1 aliphatic carbocycles. The van der Waals surface area contributed by atoms with Crippen LogP contribution in [0.3, 0.4) is 0 Å². The van der Waals surface area contributed by atoms with Crippen LogP contribution in [0.2, 0.25) is 0 Å². The Morgan fingerprint density at radius 1 is 1.32 bits per heavy atom. The lowest BCUT2D eigenvalue weighted by molar-refractivity contribution is -0.593. The molecule has 2 N–H and O–H groups in total. The first-order chi connectivity index (χ1) is 10.3. The second kappa shape index (κ2) is 7.52. The number of rotatable bonds is 8. The predicted molar refractivity (Wildman–Crippen MR) is 79.6 cm³/mol. The third-order valence-electron chi connectivity index (χ3n) is 3.30. The molecule has 0 saturated heterocycles. The number of amides is 1. The van der Waals surface area contributed by atoms with Crippen molar-refractivity contribution in [2.75, 3.05) is 24.8 Å². The number of hydrogen-bond donors (Lipinski definition) is 1. The number of halogens is 2. The van der Waals surface area contributed by atoms with Crippen LogP contribution in [0.25, 0.3) is 0 Å². The molecular weight excluding hydrogens is 339 g/mol. The van der Waals surface area contributed by atoms with Gasteiger partial charge in [0.2, 0.25) is 5.91 Å². The van der Waals surface area contributed by atoms with Crippen LogP contribution in [-0.4, -0.2) is 51.2 Å². The van der Waals surface area contributed by atoms with Crippen molar-refractivity contribution in [3.8, 4) is 0 Å². The van der Waals surface area contributed by atoms with E-state index in [1.165, 1.54) is 4.90 Å². The van der Waals surface area contributed by atoms with Crippen LogP contribution < -0.4 is 5.73 Å². The van der Waals surface area contributed by atoms with Crippen molar-refractivity contribution in [2.45, 2.75) is 5.66 Å². The summed E-state index contributed by atoms with van der Waals surface area (Å²) in [4.78, 5) is 34.0. The molecule has 1 rings (SSSR count). The molecule has 0 aliphatic heterocycles. The molecule has 11 heteroatoms. The van der Waals surface area contributed by atoms with Gasteiger partial charge in [0.05, 0.1) is 11.0 Å². The number of nitrogens with two attached hydrogens (primary N) is 1. The predicted octanol–water partition coefficient (Wildman–Crippen LogP) is 0.571. The third-order valence-corrected chi connectivity index (χ3v) is 3.64. The summed E-state index contributed by atoms with van der Waals surface area (Å²) in [6.45, 7) is 0.0166. The highest BCUT2D eigenvalue weighted by molar-refractivity contribution is 6.18. The number of alkyl halides is 2. The monoisotopic (exact) mass is 352 g/mol. The van der Waals surface area contributed by atoms with E-state index in [2.05, 4.69) is 0 Å². The lowest BCUT2D eigenvalue weighted by atomic mass is 9.85. The van der Waals surface area contributed by atoms with Crippen LogP contribution in [0.5, 0.6) is 0 Å². The molecule has 0 aromatic heterocycles. The molecule has 2 unspecified atom stereocenters. The molecular formula is C11H14Cl2N4O5. The largest absolute Gasteiger partial charge is 0.369 e. The minimum atomic E-state index is -2.19. The van der Waals surface area contributed by atoms with Gasteiger partial charge in [-0.15, -0.1) is 23.2 Å². The molecule has 122 valence electrons. The van der Waals surface area contributed by atoms with Gasteiger partial charge in [-0.05, 0) is 0 Å². The second-order valence-corrected chi connectivity index (χ2v) is 5.23. The number of carbonyl (C=O) groups excluding carboxylic acids is 1. The average molecular weight is 353 g/mol. The Bertz CT molecular complexity index is 533. The van der Waals surface area contributed by atoms with E-state index < -0.39 is 33.0 Å². The maximum absolute atomic E-state index is 11.7. The fraction of sp³-hybridized carbons (Fsp3) is 0.545. The summed E-state index contributed by atoms with van der Waals surface area (Å²) in [6, 6.07) is 0. The van der Waals surface area contributed by atoms with Gasteiger partial charge >= 0.3 is 5.66 Å². The molecule has 0 aromatic rings. The molecule has 0 heterocycles.